The highest BCUT2D eigenvalue weighted by atomic mass is 32.2. The second-order valence-corrected chi connectivity index (χ2v) is 7.42. The first-order valence-corrected chi connectivity index (χ1v) is 8.88. The van der Waals surface area contributed by atoms with Crippen LogP contribution in [0.25, 0.3) is 10.8 Å². The van der Waals surface area contributed by atoms with Gasteiger partial charge in [-0.1, -0.05) is 6.07 Å². The van der Waals surface area contributed by atoms with E-state index in [1.54, 1.807) is 7.05 Å². The number of hydrogen-bond acceptors (Lipinski definition) is 6. The van der Waals surface area contributed by atoms with Crippen molar-refractivity contribution < 1.29 is 25.9 Å². The topological polar surface area (TPSA) is 147 Å². The third kappa shape index (κ3) is 3.05. The van der Waals surface area contributed by atoms with Crippen LogP contribution in [0.15, 0.2) is 34.1 Å². The van der Waals surface area contributed by atoms with E-state index in [2.05, 4.69) is 5.32 Å². The lowest BCUT2D eigenvalue weighted by Gasteiger charge is -2.13. The van der Waals surface area contributed by atoms with E-state index in [9.17, 15) is 25.9 Å². The monoisotopic (exact) mass is 346 g/mol. The molecule has 0 saturated heterocycles. The molecule has 0 atom stereocenters. The molecule has 0 aromatic heterocycles. The molecule has 0 amide bonds. The zero-order valence-corrected chi connectivity index (χ0v) is 13.1. The highest BCUT2D eigenvalue weighted by Crippen LogP contribution is 2.32. The smallest absolute Gasteiger partial charge is 0.297 e. The van der Waals surface area contributed by atoms with Crippen LogP contribution in [0.2, 0.25) is 0 Å². The van der Waals surface area contributed by atoms with Crippen LogP contribution >= 0.6 is 0 Å². The number of benzene rings is 2. The molecule has 0 aliphatic heterocycles. The summed E-state index contributed by atoms with van der Waals surface area (Å²) in [4.78, 5) is -1.08. The molecule has 120 valence electrons. The maximum Gasteiger partial charge on any atom is 0.297 e. The number of nitrogen functional groups attached to an aromatic ring is 1. The summed E-state index contributed by atoms with van der Waals surface area (Å²) in [7, 11) is -7.61. The molecule has 2 rings (SSSR count). The standard InChI is InChI=1S/C12H14N2O6S2/c1-14-6-7-4-8(21(15,16)17)5-10-9(7)2-3-11(13)12(10)22(18,19)20/h2-5,14H,6,13H2,1H3,(H,15,16,17)(H,18,19,20). The fourth-order valence-electron chi connectivity index (χ4n) is 2.25. The van der Waals surface area contributed by atoms with Crippen LogP contribution in [0, 0.1) is 0 Å². The minimum Gasteiger partial charge on any atom is -0.398 e. The number of nitrogens with one attached hydrogen (secondary N) is 1. The van der Waals surface area contributed by atoms with Crippen LogP contribution in [-0.4, -0.2) is 33.0 Å². The number of anilines is 1. The predicted molar refractivity (Wildman–Crippen MR) is 80.8 cm³/mol. The van der Waals surface area contributed by atoms with Gasteiger partial charge in [-0.05, 0) is 36.2 Å². The van der Waals surface area contributed by atoms with Gasteiger partial charge in [0.2, 0.25) is 0 Å². The molecule has 0 bridgehead atoms. The zero-order valence-electron chi connectivity index (χ0n) is 11.4. The highest BCUT2D eigenvalue weighted by Gasteiger charge is 2.22. The second kappa shape index (κ2) is 5.48. The number of rotatable bonds is 4. The van der Waals surface area contributed by atoms with Gasteiger partial charge in [0, 0.05) is 11.9 Å². The molecule has 2 aromatic rings. The Hall–Kier alpha value is -1.72. The van der Waals surface area contributed by atoms with Gasteiger partial charge in [0.15, 0.2) is 0 Å². The summed E-state index contributed by atoms with van der Waals surface area (Å²) in [6.45, 7) is 0.217. The summed E-state index contributed by atoms with van der Waals surface area (Å²) in [5.41, 5.74) is 5.79. The largest absolute Gasteiger partial charge is 0.398 e. The molecule has 0 unspecified atom stereocenters. The first-order chi connectivity index (χ1) is 10.1. The maximum atomic E-state index is 11.5. The van der Waals surface area contributed by atoms with Gasteiger partial charge in [0.25, 0.3) is 20.2 Å². The summed E-state index contributed by atoms with van der Waals surface area (Å²) in [6.07, 6.45) is 0. The van der Waals surface area contributed by atoms with Crippen LogP contribution in [0.4, 0.5) is 5.69 Å². The summed E-state index contributed by atoms with van der Waals surface area (Å²) in [5, 5.41) is 3.12. The Morgan fingerprint density at radius 3 is 2.18 bits per heavy atom. The zero-order chi connectivity index (χ0) is 16.7. The minimum atomic E-state index is -4.68. The fraction of sp³-hybridized carbons (Fsp3) is 0.167. The normalized spacial score (nSPS) is 12.7. The summed E-state index contributed by atoms with van der Waals surface area (Å²) in [5.74, 6) is 0. The van der Waals surface area contributed by atoms with Crippen LogP contribution in [-0.2, 0) is 26.8 Å². The van der Waals surface area contributed by atoms with E-state index in [0.717, 1.165) is 6.07 Å². The molecule has 0 saturated carbocycles. The quantitative estimate of drug-likeness (QED) is 0.466. The molecule has 8 nitrogen and oxygen atoms in total. The Morgan fingerprint density at radius 1 is 1.05 bits per heavy atom. The van der Waals surface area contributed by atoms with E-state index < -0.39 is 30.0 Å². The molecule has 0 spiro atoms. The lowest BCUT2D eigenvalue weighted by molar-refractivity contribution is 0.480. The minimum absolute atomic E-state index is 0.0807. The van der Waals surface area contributed by atoms with Crippen molar-refractivity contribution in [2.24, 2.45) is 0 Å². The average molecular weight is 346 g/mol. The molecule has 5 N–H and O–H groups in total. The molecule has 0 heterocycles. The summed E-state index contributed by atoms with van der Waals surface area (Å²) < 4.78 is 64.4. The van der Waals surface area contributed by atoms with Crippen molar-refractivity contribution in [1.82, 2.24) is 5.32 Å². The van der Waals surface area contributed by atoms with Gasteiger partial charge in [0.1, 0.15) is 4.90 Å². The van der Waals surface area contributed by atoms with E-state index in [0.29, 0.717) is 10.9 Å². The van der Waals surface area contributed by atoms with Crippen LogP contribution in [0.3, 0.4) is 0 Å². The number of hydrogen-bond donors (Lipinski definition) is 4. The van der Waals surface area contributed by atoms with Crippen molar-refractivity contribution in [2.45, 2.75) is 16.3 Å². The molecule has 0 aliphatic rings. The van der Waals surface area contributed by atoms with Crippen LogP contribution in [0.1, 0.15) is 5.56 Å². The summed E-state index contributed by atoms with van der Waals surface area (Å²) in [6, 6.07) is 5.00. The van der Waals surface area contributed by atoms with E-state index in [4.69, 9.17) is 5.73 Å². The molecule has 22 heavy (non-hydrogen) atoms. The van der Waals surface area contributed by atoms with E-state index >= 15 is 0 Å². The van der Waals surface area contributed by atoms with Crippen molar-refractivity contribution in [3.05, 3.63) is 29.8 Å². The van der Waals surface area contributed by atoms with Crippen molar-refractivity contribution >= 4 is 36.7 Å². The van der Waals surface area contributed by atoms with Gasteiger partial charge in [-0.3, -0.25) is 9.11 Å². The van der Waals surface area contributed by atoms with Gasteiger partial charge in [-0.2, -0.15) is 16.8 Å². The first-order valence-electron chi connectivity index (χ1n) is 6.00. The van der Waals surface area contributed by atoms with Crippen LogP contribution in [0.5, 0.6) is 0 Å². The van der Waals surface area contributed by atoms with Crippen molar-refractivity contribution in [2.75, 3.05) is 12.8 Å². The Labute approximate surface area is 127 Å². The fourth-order valence-corrected chi connectivity index (χ4v) is 3.62. The lowest BCUT2D eigenvalue weighted by atomic mass is 10.0. The van der Waals surface area contributed by atoms with E-state index in [1.807, 2.05) is 0 Å². The van der Waals surface area contributed by atoms with Crippen molar-refractivity contribution in [3.63, 3.8) is 0 Å². The van der Waals surface area contributed by atoms with Gasteiger partial charge < -0.3 is 11.1 Å². The Balaban J connectivity index is 3.04. The molecule has 0 aliphatic carbocycles. The third-order valence-electron chi connectivity index (χ3n) is 3.10. The Bertz CT molecular complexity index is 951. The van der Waals surface area contributed by atoms with Crippen LogP contribution < -0.4 is 11.1 Å². The molecule has 0 radical (unpaired) electrons. The van der Waals surface area contributed by atoms with Gasteiger partial charge in [0.05, 0.1) is 10.6 Å². The van der Waals surface area contributed by atoms with Crippen molar-refractivity contribution in [3.8, 4) is 0 Å². The Kier molecular flexibility index (Phi) is 4.15. The highest BCUT2D eigenvalue weighted by molar-refractivity contribution is 7.86. The van der Waals surface area contributed by atoms with Gasteiger partial charge >= 0.3 is 0 Å². The van der Waals surface area contributed by atoms with Crippen molar-refractivity contribution in [1.29, 1.82) is 0 Å². The number of nitrogens with two attached hydrogens (primary N) is 1. The molecule has 0 fully saturated rings. The SMILES string of the molecule is CNCc1cc(S(=O)(=O)O)cc2c(S(=O)(=O)O)c(N)ccc12. The Morgan fingerprint density at radius 2 is 1.68 bits per heavy atom. The van der Waals surface area contributed by atoms with E-state index in [-0.39, 0.29) is 17.6 Å². The molecule has 2 aromatic carbocycles. The molecule has 10 heteroatoms. The second-order valence-electron chi connectivity index (χ2n) is 4.64. The van der Waals surface area contributed by atoms with Gasteiger partial charge in [-0.25, -0.2) is 0 Å². The predicted octanol–water partition coefficient (Wildman–Crippen LogP) is 0.635. The molecular weight excluding hydrogens is 332 g/mol. The maximum absolute atomic E-state index is 11.5. The first kappa shape index (κ1) is 16.6. The van der Waals surface area contributed by atoms with E-state index in [1.165, 1.54) is 18.2 Å². The molecular formula is C12H14N2O6S2. The van der Waals surface area contributed by atoms with Gasteiger partial charge in [-0.15, -0.1) is 0 Å². The average Bonchev–Trinajstić information content (AvgIpc) is 2.35. The lowest BCUT2D eigenvalue weighted by Crippen LogP contribution is -2.10. The third-order valence-corrected chi connectivity index (χ3v) is 4.90. The summed E-state index contributed by atoms with van der Waals surface area (Å²) >= 11 is 0. The number of fused-ring (bicyclic) bond motifs is 1.